The van der Waals surface area contributed by atoms with Crippen LogP contribution in [-0.4, -0.2) is 24.1 Å². The summed E-state index contributed by atoms with van der Waals surface area (Å²) < 4.78 is 53.2. The van der Waals surface area contributed by atoms with Crippen molar-refractivity contribution in [3.05, 3.63) is 51.6 Å². The molecule has 36 heavy (non-hydrogen) atoms. The molecule has 198 valence electrons. The van der Waals surface area contributed by atoms with Crippen LogP contribution in [0.15, 0.2) is 30.3 Å². The zero-order valence-corrected chi connectivity index (χ0v) is 21.4. The normalized spacial score (nSPS) is 20.6. The molecule has 0 N–H and O–H groups in total. The van der Waals surface area contributed by atoms with Crippen molar-refractivity contribution >= 4 is 16.7 Å². The van der Waals surface area contributed by atoms with E-state index in [9.17, 15) is 28.1 Å². The molecule has 0 aliphatic heterocycles. The van der Waals surface area contributed by atoms with Gasteiger partial charge in [-0.25, -0.2) is 0 Å². The van der Waals surface area contributed by atoms with Crippen molar-refractivity contribution in [3.8, 4) is 5.75 Å². The number of esters is 1. The molecule has 0 radical (unpaired) electrons. The molecule has 0 spiro atoms. The first-order chi connectivity index (χ1) is 16.7. The van der Waals surface area contributed by atoms with E-state index in [1.54, 1.807) is 0 Å². The van der Waals surface area contributed by atoms with Gasteiger partial charge in [0.15, 0.2) is 0 Å². The predicted molar refractivity (Wildman–Crippen MR) is 130 cm³/mol. The Kier molecular flexibility index (Phi) is 7.91. The second-order valence-corrected chi connectivity index (χ2v) is 10.9. The van der Waals surface area contributed by atoms with Gasteiger partial charge in [0.25, 0.3) is 0 Å². The second kappa shape index (κ2) is 10.3. The Balaban J connectivity index is 1.95. The maximum atomic E-state index is 14.2. The average Bonchev–Trinajstić information content (AvgIpc) is 2.80. The lowest BCUT2D eigenvalue weighted by Crippen LogP contribution is -2.32. The topological polar surface area (TPSA) is 78.7 Å². The van der Waals surface area contributed by atoms with Crippen LogP contribution in [0, 0.1) is 21.4 Å². The standard InChI is InChI=1S/C27H34F3NO5/c1-25(2,3)18-7-10-20(11-8-18)36-22-13-6-17-16-19(9-12-21(17)24(22)27(28,29)30)26(4,31(33)34)15-14-23(32)35-5/h6,9,12-13,16,18,20H,7-8,10-11,14-15H2,1-5H3. The maximum Gasteiger partial charge on any atom is 0.420 e. The Hall–Kier alpha value is -2.84. The van der Waals surface area contributed by atoms with E-state index in [1.807, 2.05) is 0 Å². The van der Waals surface area contributed by atoms with Crippen molar-refractivity contribution in [2.24, 2.45) is 11.3 Å². The van der Waals surface area contributed by atoms with Crippen molar-refractivity contribution in [1.29, 1.82) is 0 Å². The number of hydrogen-bond acceptors (Lipinski definition) is 5. The summed E-state index contributed by atoms with van der Waals surface area (Å²) in [7, 11) is 1.19. The molecule has 0 bridgehead atoms. The first kappa shape index (κ1) is 27.7. The van der Waals surface area contributed by atoms with Crippen LogP contribution in [0.3, 0.4) is 0 Å². The lowest BCUT2D eigenvalue weighted by molar-refractivity contribution is -0.575. The van der Waals surface area contributed by atoms with E-state index in [0.29, 0.717) is 18.8 Å². The van der Waals surface area contributed by atoms with Gasteiger partial charge in [-0.15, -0.1) is 0 Å². The fourth-order valence-electron chi connectivity index (χ4n) is 5.05. The Morgan fingerprint density at radius 1 is 1.06 bits per heavy atom. The van der Waals surface area contributed by atoms with Crippen molar-refractivity contribution in [2.75, 3.05) is 7.11 Å². The minimum atomic E-state index is -4.67. The van der Waals surface area contributed by atoms with Gasteiger partial charge >= 0.3 is 12.1 Å². The monoisotopic (exact) mass is 509 g/mol. The lowest BCUT2D eigenvalue weighted by Gasteiger charge is -2.37. The van der Waals surface area contributed by atoms with Gasteiger partial charge in [0.05, 0.1) is 19.6 Å². The van der Waals surface area contributed by atoms with Gasteiger partial charge in [-0.3, -0.25) is 14.9 Å². The van der Waals surface area contributed by atoms with Crippen LogP contribution in [0.5, 0.6) is 5.75 Å². The largest absolute Gasteiger partial charge is 0.490 e. The van der Waals surface area contributed by atoms with Crippen LogP contribution in [-0.2, 0) is 21.2 Å². The quantitative estimate of drug-likeness (QED) is 0.223. The average molecular weight is 510 g/mol. The van der Waals surface area contributed by atoms with Gasteiger partial charge in [0.2, 0.25) is 5.54 Å². The van der Waals surface area contributed by atoms with Crippen LogP contribution in [0.2, 0.25) is 0 Å². The summed E-state index contributed by atoms with van der Waals surface area (Å²) in [5.74, 6) is -0.309. The molecule has 0 saturated heterocycles. The molecule has 1 atom stereocenters. The van der Waals surface area contributed by atoms with E-state index in [-0.39, 0.29) is 46.4 Å². The van der Waals surface area contributed by atoms with E-state index >= 15 is 0 Å². The van der Waals surface area contributed by atoms with Gasteiger partial charge in [-0.05, 0) is 59.9 Å². The predicted octanol–water partition coefficient (Wildman–Crippen LogP) is 7.29. The van der Waals surface area contributed by atoms with Crippen LogP contribution in [0.4, 0.5) is 13.2 Å². The van der Waals surface area contributed by atoms with E-state index in [4.69, 9.17) is 4.74 Å². The minimum Gasteiger partial charge on any atom is -0.490 e. The number of halogens is 3. The first-order valence-electron chi connectivity index (χ1n) is 12.2. The number of benzene rings is 2. The van der Waals surface area contributed by atoms with E-state index in [0.717, 1.165) is 12.8 Å². The molecule has 0 aromatic heterocycles. The molecule has 9 heteroatoms. The van der Waals surface area contributed by atoms with Gasteiger partial charge in [-0.1, -0.05) is 39.0 Å². The molecule has 2 aromatic rings. The minimum absolute atomic E-state index is 0.0780. The number of rotatable bonds is 7. The number of alkyl halides is 3. The fraction of sp³-hybridized carbons (Fsp3) is 0.593. The Labute approximate surface area is 209 Å². The van der Waals surface area contributed by atoms with Crippen LogP contribution < -0.4 is 4.74 Å². The summed E-state index contributed by atoms with van der Waals surface area (Å²) >= 11 is 0. The Morgan fingerprint density at radius 2 is 1.69 bits per heavy atom. The maximum absolute atomic E-state index is 14.2. The van der Waals surface area contributed by atoms with Gasteiger partial charge < -0.3 is 9.47 Å². The van der Waals surface area contributed by atoms with Crippen LogP contribution in [0.25, 0.3) is 10.8 Å². The summed E-state index contributed by atoms with van der Waals surface area (Å²) in [4.78, 5) is 22.9. The summed E-state index contributed by atoms with van der Waals surface area (Å²) in [6, 6.07) is 6.79. The molecule has 0 amide bonds. The number of nitrogens with zero attached hydrogens (tertiary/aromatic N) is 1. The molecule has 1 saturated carbocycles. The number of ether oxygens (including phenoxy) is 2. The van der Waals surface area contributed by atoms with Crippen molar-refractivity contribution in [3.63, 3.8) is 0 Å². The molecule has 1 unspecified atom stereocenters. The molecular weight excluding hydrogens is 475 g/mol. The highest BCUT2D eigenvalue weighted by atomic mass is 19.4. The molecule has 1 aliphatic rings. The summed E-state index contributed by atoms with van der Waals surface area (Å²) in [6.07, 6.45) is -2.12. The van der Waals surface area contributed by atoms with Crippen molar-refractivity contribution < 1.29 is 32.4 Å². The zero-order valence-electron chi connectivity index (χ0n) is 21.4. The first-order valence-corrected chi connectivity index (χ1v) is 12.2. The van der Waals surface area contributed by atoms with Gasteiger partial charge in [-0.2, -0.15) is 13.2 Å². The summed E-state index contributed by atoms with van der Waals surface area (Å²) in [5, 5.41) is 12.0. The molecule has 1 aliphatic carbocycles. The lowest BCUT2D eigenvalue weighted by atomic mass is 9.72. The molecule has 1 fully saturated rings. The third-order valence-corrected chi connectivity index (χ3v) is 7.53. The number of carbonyl (C=O) groups is 1. The fourth-order valence-corrected chi connectivity index (χ4v) is 5.05. The Bertz CT molecular complexity index is 1120. The van der Waals surface area contributed by atoms with Crippen molar-refractivity contribution in [1.82, 2.24) is 0 Å². The molecular formula is C27H34F3NO5. The zero-order chi connectivity index (χ0) is 26.9. The Morgan fingerprint density at radius 3 is 2.22 bits per heavy atom. The number of hydrogen-bond donors (Lipinski definition) is 0. The highest BCUT2D eigenvalue weighted by Crippen LogP contribution is 2.45. The van der Waals surface area contributed by atoms with Crippen LogP contribution >= 0.6 is 0 Å². The second-order valence-electron chi connectivity index (χ2n) is 10.9. The van der Waals surface area contributed by atoms with Crippen LogP contribution in [0.1, 0.15) is 77.3 Å². The smallest absolute Gasteiger partial charge is 0.420 e. The molecule has 3 rings (SSSR count). The highest BCUT2D eigenvalue weighted by Gasteiger charge is 2.42. The SMILES string of the molecule is COC(=O)CCC(C)(c1ccc2c(C(F)(F)F)c(OC3CCC(C(C)(C)C)CC3)ccc2c1)[N+](=O)[O-]. The number of fused-ring (bicyclic) bond motifs is 1. The highest BCUT2D eigenvalue weighted by molar-refractivity contribution is 5.89. The van der Waals surface area contributed by atoms with E-state index in [2.05, 4.69) is 25.5 Å². The number of carbonyl (C=O) groups excluding carboxylic acids is 1. The van der Waals surface area contributed by atoms with Crippen molar-refractivity contribution in [2.45, 2.75) is 84.0 Å². The number of methoxy groups -OCH3 is 1. The molecule has 0 heterocycles. The third-order valence-electron chi connectivity index (χ3n) is 7.53. The van der Waals surface area contributed by atoms with Gasteiger partial charge in [0, 0.05) is 23.8 Å². The summed E-state index contributed by atoms with van der Waals surface area (Å²) in [6.45, 7) is 7.89. The van der Waals surface area contributed by atoms with E-state index < -0.39 is 28.2 Å². The number of nitro groups is 1. The van der Waals surface area contributed by atoms with Gasteiger partial charge in [0.1, 0.15) is 11.3 Å². The summed E-state index contributed by atoms with van der Waals surface area (Å²) in [5.41, 5.74) is -2.17. The molecule has 2 aromatic carbocycles. The van der Waals surface area contributed by atoms with E-state index in [1.165, 1.54) is 44.4 Å². The molecule has 6 nitrogen and oxygen atoms in total. The third kappa shape index (κ3) is 5.93.